The van der Waals surface area contributed by atoms with E-state index in [1.54, 1.807) is 30.9 Å². The van der Waals surface area contributed by atoms with Crippen molar-refractivity contribution in [2.45, 2.75) is 13.5 Å². The molecule has 1 N–H and O–H groups in total. The highest BCUT2D eigenvalue weighted by molar-refractivity contribution is 5.63. The molecule has 0 bridgehead atoms. The van der Waals surface area contributed by atoms with Crippen molar-refractivity contribution in [3.8, 4) is 0 Å². The Morgan fingerprint density at radius 2 is 2.26 bits per heavy atom. The molecule has 100 valence electrons. The zero-order valence-corrected chi connectivity index (χ0v) is 10.6. The maximum Gasteiger partial charge on any atom is 0.295 e. The standard InChI is InChI=1S/C12H13FN4O2/c1-8-5-11(12(17(18)19)6-10(8)13)14-7-9-3-4-16(2)15-9/h3-6,14H,7H2,1-2H3. The predicted octanol–water partition coefficient (Wildman–Crippen LogP) is 2.39. The van der Waals surface area contributed by atoms with Gasteiger partial charge in [0.25, 0.3) is 5.69 Å². The van der Waals surface area contributed by atoms with Gasteiger partial charge in [-0.2, -0.15) is 5.10 Å². The second-order valence-electron chi connectivity index (χ2n) is 4.21. The highest BCUT2D eigenvalue weighted by Crippen LogP contribution is 2.27. The summed E-state index contributed by atoms with van der Waals surface area (Å²) in [7, 11) is 1.79. The Bertz CT molecular complexity index is 624. The molecule has 6 nitrogen and oxygen atoms in total. The molecule has 1 aromatic carbocycles. The van der Waals surface area contributed by atoms with Crippen LogP contribution in [0.2, 0.25) is 0 Å². The van der Waals surface area contributed by atoms with Crippen LogP contribution in [0.1, 0.15) is 11.3 Å². The highest BCUT2D eigenvalue weighted by atomic mass is 19.1. The van der Waals surface area contributed by atoms with Gasteiger partial charge in [0.05, 0.1) is 23.2 Å². The van der Waals surface area contributed by atoms with Crippen LogP contribution in [0.3, 0.4) is 0 Å². The third-order valence-corrected chi connectivity index (χ3v) is 2.70. The number of hydrogen-bond donors (Lipinski definition) is 1. The Balaban J connectivity index is 2.23. The molecule has 1 aromatic heterocycles. The summed E-state index contributed by atoms with van der Waals surface area (Å²) in [5.41, 5.74) is 1.11. The van der Waals surface area contributed by atoms with Crippen molar-refractivity contribution in [2.75, 3.05) is 5.32 Å². The number of hydrogen-bond acceptors (Lipinski definition) is 4. The lowest BCUT2D eigenvalue weighted by molar-refractivity contribution is -0.384. The highest BCUT2D eigenvalue weighted by Gasteiger charge is 2.16. The van der Waals surface area contributed by atoms with Crippen LogP contribution in [-0.2, 0) is 13.6 Å². The van der Waals surface area contributed by atoms with Gasteiger partial charge in [-0.1, -0.05) is 0 Å². The van der Waals surface area contributed by atoms with Crippen LogP contribution in [-0.4, -0.2) is 14.7 Å². The number of rotatable bonds is 4. The fraction of sp³-hybridized carbons (Fsp3) is 0.250. The zero-order chi connectivity index (χ0) is 14.0. The SMILES string of the molecule is Cc1cc(NCc2ccn(C)n2)c([N+](=O)[O-])cc1F. The van der Waals surface area contributed by atoms with E-state index >= 15 is 0 Å². The van der Waals surface area contributed by atoms with Crippen molar-refractivity contribution in [1.82, 2.24) is 9.78 Å². The van der Waals surface area contributed by atoms with Gasteiger partial charge >= 0.3 is 0 Å². The molecule has 0 amide bonds. The van der Waals surface area contributed by atoms with E-state index in [2.05, 4.69) is 10.4 Å². The molecule has 0 radical (unpaired) electrons. The van der Waals surface area contributed by atoms with Gasteiger partial charge in [-0.05, 0) is 24.6 Å². The normalized spacial score (nSPS) is 10.5. The van der Waals surface area contributed by atoms with Gasteiger partial charge in [0.1, 0.15) is 11.5 Å². The van der Waals surface area contributed by atoms with Crippen molar-refractivity contribution >= 4 is 11.4 Å². The summed E-state index contributed by atoms with van der Waals surface area (Å²) in [5, 5.41) is 17.9. The Morgan fingerprint density at radius 3 is 2.84 bits per heavy atom. The Hall–Kier alpha value is -2.44. The van der Waals surface area contributed by atoms with E-state index in [9.17, 15) is 14.5 Å². The summed E-state index contributed by atoms with van der Waals surface area (Å²) >= 11 is 0. The van der Waals surface area contributed by atoms with Crippen LogP contribution in [0.15, 0.2) is 24.4 Å². The molecule has 2 aromatic rings. The third-order valence-electron chi connectivity index (χ3n) is 2.70. The number of benzene rings is 1. The molecule has 0 aliphatic rings. The minimum Gasteiger partial charge on any atom is -0.374 e. The molecule has 2 rings (SSSR count). The van der Waals surface area contributed by atoms with Gasteiger partial charge in [0.15, 0.2) is 0 Å². The molecule has 0 spiro atoms. The maximum atomic E-state index is 13.3. The minimum atomic E-state index is -0.608. The first-order valence-electron chi connectivity index (χ1n) is 5.64. The van der Waals surface area contributed by atoms with Gasteiger partial charge in [-0.3, -0.25) is 14.8 Å². The predicted molar refractivity (Wildman–Crippen MR) is 68.3 cm³/mol. The molecule has 0 unspecified atom stereocenters. The summed E-state index contributed by atoms with van der Waals surface area (Å²) in [5.74, 6) is -0.588. The molecule has 0 saturated heterocycles. The Morgan fingerprint density at radius 1 is 1.53 bits per heavy atom. The third kappa shape index (κ3) is 2.87. The van der Waals surface area contributed by atoms with E-state index in [0.29, 0.717) is 12.1 Å². The smallest absolute Gasteiger partial charge is 0.295 e. The van der Waals surface area contributed by atoms with E-state index in [1.807, 2.05) is 0 Å². The monoisotopic (exact) mass is 264 g/mol. The topological polar surface area (TPSA) is 73.0 Å². The molecule has 0 fully saturated rings. The molecule has 1 heterocycles. The average molecular weight is 264 g/mol. The van der Waals surface area contributed by atoms with E-state index in [1.165, 1.54) is 6.07 Å². The molecule has 0 aliphatic carbocycles. The second-order valence-corrected chi connectivity index (χ2v) is 4.21. The molecule has 0 saturated carbocycles. The van der Waals surface area contributed by atoms with Gasteiger partial charge in [-0.25, -0.2) is 4.39 Å². The van der Waals surface area contributed by atoms with E-state index in [4.69, 9.17) is 0 Å². The molecule has 0 atom stereocenters. The molecular formula is C12H13FN4O2. The fourth-order valence-corrected chi connectivity index (χ4v) is 1.71. The van der Waals surface area contributed by atoms with Crippen LogP contribution >= 0.6 is 0 Å². The lowest BCUT2D eigenvalue weighted by Crippen LogP contribution is -2.05. The molecule has 19 heavy (non-hydrogen) atoms. The van der Waals surface area contributed by atoms with Gasteiger partial charge < -0.3 is 5.32 Å². The molecule has 7 heteroatoms. The van der Waals surface area contributed by atoms with E-state index in [0.717, 1.165) is 11.8 Å². The Labute approximate surface area is 109 Å². The number of nitrogens with one attached hydrogen (secondary N) is 1. The van der Waals surface area contributed by atoms with Crippen molar-refractivity contribution in [3.63, 3.8) is 0 Å². The van der Waals surface area contributed by atoms with E-state index < -0.39 is 10.7 Å². The van der Waals surface area contributed by atoms with Crippen LogP contribution in [0.5, 0.6) is 0 Å². The molecule has 0 aliphatic heterocycles. The maximum absolute atomic E-state index is 13.3. The number of aryl methyl sites for hydroxylation is 2. The zero-order valence-electron chi connectivity index (χ0n) is 10.6. The summed E-state index contributed by atoms with van der Waals surface area (Å²) in [6.45, 7) is 1.90. The minimum absolute atomic E-state index is 0.279. The number of nitrogens with zero attached hydrogens (tertiary/aromatic N) is 3. The van der Waals surface area contributed by atoms with Crippen molar-refractivity contribution in [2.24, 2.45) is 7.05 Å². The van der Waals surface area contributed by atoms with Crippen LogP contribution in [0, 0.1) is 22.9 Å². The first-order chi connectivity index (χ1) is 8.97. The summed E-state index contributed by atoms with van der Waals surface area (Å²) in [4.78, 5) is 10.3. The van der Waals surface area contributed by atoms with Crippen molar-refractivity contribution in [1.29, 1.82) is 0 Å². The average Bonchev–Trinajstić information content (AvgIpc) is 2.76. The number of halogens is 1. The number of anilines is 1. The Kier molecular flexibility index (Phi) is 3.46. The summed E-state index contributed by atoms with van der Waals surface area (Å²) in [6.07, 6.45) is 1.78. The van der Waals surface area contributed by atoms with Gasteiger partial charge in [-0.15, -0.1) is 0 Å². The van der Waals surface area contributed by atoms with Gasteiger partial charge in [0, 0.05) is 13.2 Å². The van der Waals surface area contributed by atoms with Crippen LogP contribution < -0.4 is 5.32 Å². The molecular weight excluding hydrogens is 251 g/mol. The van der Waals surface area contributed by atoms with Crippen molar-refractivity contribution in [3.05, 3.63) is 51.6 Å². The van der Waals surface area contributed by atoms with E-state index in [-0.39, 0.29) is 11.4 Å². The number of aromatic nitrogens is 2. The quantitative estimate of drug-likeness (QED) is 0.679. The van der Waals surface area contributed by atoms with Crippen LogP contribution in [0.25, 0.3) is 0 Å². The first kappa shape index (κ1) is 13.0. The lowest BCUT2D eigenvalue weighted by atomic mass is 10.1. The fourth-order valence-electron chi connectivity index (χ4n) is 1.71. The largest absolute Gasteiger partial charge is 0.374 e. The lowest BCUT2D eigenvalue weighted by Gasteiger charge is -2.07. The van der Waals surface area contributed by atoms with Crippen molar-refractivity contribution < 1.29 is 9.31 Å². The second kappa shape index (κ2) is 5.05. The first-order valence-corrected chi connectivity index (χ1v) is 5.64. The summed E-state index contributed by atoms with van der Waals surface area (Å²) in [6, 6.07) is 4.15. The van der Waals surface area contributed by atoms with Gasteiger partial charge in [0.2, 0.25) is 0 Å². The van der Waals surface area contributed by atoms with Crippen LogP contribution in [0.4, 0.5) is 15.8 Å². The number of nitro groups is 1. The number of nitro benzene ring substituents is 1. The summed E-state index contributed by atoms with van der Waals surface area (Å²) < 4.78 is 15.0.